The number of amides is 1. The number of rotatable bonds is 3. The number of aryl methyl sites for hydroxylation is 1. The largest absolute Gasteiger partial charge is 0.338 e. The maximum atomic E-state index is 12.4. The number of halogens is 1. The number of hydrogen-bond donors (Lipinski definition) is 1. The number of nitrogens with two attached hydrogens (primary N) is 1. The summed E-state index contributed by atoms with van der Waals surface area (Å²) in [5.74, 6) is 0.285. The molecule has 0 spiro atoms. The van der Waals surface area contributed by atoms with Crippen molar-refractivity contribution in [1.29, 1.82) is 0 Å². The van der Waals surface area contributed by atoms with Crippen molar-refractivity contribution in [3.05, 3.63) is 39.4 Å². The monoisotopic (exact) mass is 313 g/mol. The zero-order chi connectivity index (χ0) is 14.7. The van der Waals surface area contributed by atoms with Crippen LogP contribution >= 0.6 is 12.4 Å². The molecule has 116 valence electrons. The molecule has 2 rings (SSSR count). The Morgan fingerprint density at radius 2 is 2.24 bits per heavy atom. The summed E-state index contributed by atoms with van der Waals surface area (Å²) in [6.07, 6.45) is 2.01. The lowest BCUT2D eigenvalue weighted by Crippen LogP contribution is -2.42. The van der Waals surface area contributed by atoms with Gasteiger partial charge in [-0.25, -0.2) is 0 Å². The molecule has 1 heterocycles. The first kappa shape index (κ1) is 17.4. The van der Waals surface area contributed by atoms with Gasteiger partial charge in [0.25, 0.3) is 11.6 Å². The van der Waals surface area contributed by atoms with Crippen LogP contribution in [0, 0.1) is 23.0 Å². The van der Waals surface area contributed by atoms with Gasteiger partial charge in [0, 0.05) is 30.3 Å². The van der Waals surface area contributed by atoms with Gasteiger partial charge in [-0.3, -0.25) is 14.9 Å². The molecule has 1 unspecified atom stereocenters. The molecule has 7 heteroatoms. The van der Waals surface area contributed by atoms with E-state index in [0.29, 0.717) is 30.1 Å². The van der Waals surface area contributed by atoms with Gasteiger partial charge in [-0.1, -0.05) is 0 Å². The zero-order valence-corrected chi connectivity index (χ0v) is 12.8. The molecule has 1 aliphatic heterocycles. The third kappa shape index (κ3) is 3.92. The summed E-state index contributed by atoms with van der Waals surface area (Å²) >= 11 is 0. The highest BCUT2D eigenvalue weighted by Crippen LogP contribution is 2.22. The summed E-state index contributed by atoms with van der Waals surface area (Å²) in [6, 6.07) is 4.51. The minimum absolute atomic E-state index is 0. The predicted octanol–water partition coefficient (Wildman–Crippen LogP) is 2.14. The third-order valence-electron chi connectivity index (χ3n) is 3.78. The predicted molar refractivity (Wildman–Crippen MR) is 82.8 cm³/mol. The molecule has 21 heavy (non-hydrogen) atoms. The molecule has 6 nitrogen and oxygen atoms in total. The number of nitrogens with zero attached hydrogens (tertiary/aromatic N) is 2. The van der Waals surface area contributed by atoms with E-state index in [4.69, 9.17) is 5.73 Å². The number of piperidine rings is 1. The first-order valence-corrected chi connectivity index (χ1v) is 6.77. The topological polar surface area (TPSA) is 89.5 Å². The van der Waals surface area contributed by atoms with Crippen LogP contribution in [0.2, 0.25) is 0 Å². The van der Waals surface area contributed by atoms with Crippen LogP contribution in [0.4, 0.5) is 5.69 Å². The molecule has 0 aromatic heterocycles. The van der Waals surface area contributed by atoms with Crippen molar-refractivity contribution < 1.29 is 9.72 Å². The summed E-state index contributed by atoms with van der Waals surface area (Å²) < 4.78 is 0. The first-order valence-electron chi connectivity index (χ1n) is 6.77. The number of carbonyl (C=O) groups is 1. The lowest BCUT2D eigenvalue weighted by molar-refractivity contribution is -0.385. The Morgan fingerprint density at radius 1 is 1.52 bits per heavy atom. The number of nitro benzene ring substituents is 1. The standard InChI is InChI=1S/C14H19N3O3.ClH/c1-10-7-12(4-5-13(10)17(19)20)14(18)16-6-2-3-11(8-15)9-16;/h4-5,7,11H,2-3,6,8-9,15H2,1H3;1H. The average Bonchev–Trinajstić information content (AvgIpc) is 2.46. The van der Waals surface area contributed by atoms with Gasteiger partial charge in [-0.05, 0) is 44.4 Å². The molecule has 1 aliphatic rings. The van der Waals surface area contributed by atoms with E-state index < -0.39 is 4.92 Å². The number of nitro groups is 1. The molecular formula is C14H20ClN3O3. The summed E-state index contributed by atoms with van der Waals surface area (Å²) in [7, 11) is 0. The van der Waals surface area contributed by atoms with Gasteiger partial charge in [0.05, 0.1) is 4.92 Å². The smallest absolute Gasteiger partial charge is 0.272 e. The Bertz CT molecular complexity index is 536. The highest BCUT2D eigenvalue weighted by atomic mass is 35.5. The second kappa shape index (κ2) is 7.38. The van der Waals surface area contributed by atoms with E-state index in [1.54, 1.807) is 17.9 Å². The quantitative estimate of drug-likeness (QED) is 0.684. The van der Waals surface area contributed by atoms with Crippen molar-refractivity contribution >= 4 is 24.0 Å². The minimum atomic E-state index is -0.436. The molecule has 1 atom stereocenters. The maximum Gasteiger partial charge on any atom is 0.272 e. The molecule has 0 bridgehead atoms. The van der Waals surface area contributed by atoms with Crippen LogP contribution in [0.5, 0.6) is 0 Å². The fourth-order valence-electron chi connectivity index (χ4n) is 2.62. The van der Waals surface area contributed by atoms with Gasteiger partial charge in [-0.15, -0.1) is 12.4 Å². The lowest BCUT2D eigenvalue weighted by Gasteiger charge is -2.32. The molecule has 0 radical (unpaired) electrons. The van der Waals surface area contributed by atoms with Crippen LogP contribution in [-0.4, -0.2) is 35.4 Å². The van der Waals surface area contributed by atoms with Crippen molar-refractivity contribution in [2.24, 2.45) is 11.7 Å². The second-order valence-corrected chi connectivity index (χ2v) is 5.25. The van der Waals surface area contributed by atoms with Gasteiger partial charge >= 0.3 is 0 Å². The Hall–Kier alpha value is -1.66. The van der Waals surface area contributed by atoms with Crippen molar-refractivity contribution in [2.75, 3.05) is 19.6 Å². The number of benzene rings is 1. The molecular weight excluding hydrogens is 294 g/mol. The van der Waals surface area contributed by atoms with E-state index in [-0.39, 0.29) is 24.0 Å². The third-order valence-corrected chi connectivity index (χ3v) is 3.78. The molecule has 1 amide bonds. The van der Waals surface area contributed by atoms with E-state index in [1.165, 1.54) is 12.1 Å². The van der Waals surface area contributed by atoms with Crippen LogP contribution in [0.25, 0.3) is 0 Å². The van der Waals surface area contributed by atoms with Gasteiger partial charge in [-0.2, -0.15) is 0 Å². The van der Waals surface area contributed by atoms with Crippen LogP contribution in [-0.2, 0) is 0 Å². The van der Waals surface area contributed by atoms with Crippen LogP contribution in [0.3, 0.4) is 0 Å². The molecule has 2 N–H and O–H groups in total. The Balaban J connectivity index is 0.00000220. The molecule has 1 aromatic rings. The SMILES string of the molecule is Cc1cc(C(=O)N2CCCC(CN)C2)ccc1[N+](=O)[O-].Cl. The van der Waals surface area contributed by atoms with Gasteiger partial charge in [0.2, 0.25) is 0 Å². The summed E-state index contributed by atoms with van der Waals surface area (Å²) in [6.45, 7) is 3.63. The number of likely N-dealkylation sites (tertiary alicyclic amines) is 1. The van der Waals surface area contributed by atoms with Crippen molar-refractivity contribution in [1.82, 2.24) is 4.90 Å². The molecule has 1 saturated heterocycles. The zero-order valence-electron chi connectivity index (χ0n) is 11.9. The summed E-state index contributed by atoms with van der Waals surface area (Å²) in [4.78, 5) is 24.6. The van der Waals surface area contributed by atoms with Crippen LogP contribution in [0.15, 0.2) is 18.2 Å². The van der Waals surface area contributed by atoms with Crippen LogP contribution in [0.1, 0.15) is 28.8 Å². The fraction of sp³-hybridized carbons (Fsp3) is 0.500. The highest BCUT2D eigenvalue weighted by Gasteiger charge is 2.24. The minimum Gasteiger partial charge on any atom is -0.338 e. The van der Waals surface area contributed by atoms with Gasteiger partial charge < -0.3 is 10.6 Å². The molecule has 0 aliphatic carbocycles. The Kier molecular flexibility index (Phi) is 6.11. The van der Waals surface area contributed by atoms with E-state index >= 15 is 0 Å². The Labute approximate surface area is 129 Å². The maximum absolute atomic E-state index is 12.4. The first-order chi connectivity index (χ1) is 9.52. The van der Waals surface area contributed by atoms with Crippen molar-refractivity contribution in [2.45, 2.75) is 19.8 Å². The van der Waals surface area contributed by atoms with Gasteiger partial charge in [0.1, 0.15) is 0 Å². The van der Waals surface area contributed by atoms with Crippen molar-refractivity contribution in [3.63, 3.8) is 0 Å². The lowest BCUT2D eigenvalue weighted by atomic mass is 9.97. The van der Waals surface area contributed by atoms with E-state index in [2.05, 4.69) is 0 Å². The van der Waals surface area contributed by atoms with Crippen LogP contribution < -0.4 is 5.73 Å². The number of carbonyl (C=O) groups excluding carboxylic acids is 1. The molecule has 1 fully saturated rings. The fourth-order valence-corrected chi connectivity index (χ4v) is 2.62. The van der Waals surface area contributed by atoms with E-state index in [0.717, 1.165) is 19.4 Å². The van der Waals surface area contributed by atoms with Crippen molar-refractivity contribution in [3.8, 4) is 0 Å². The van der Waals surface area contributed by atoms with Gasteiger partial charge in [0.15, 0.2) is 0 Å². The van der Waals surface area contributed by atoms with E-state index in [1.807, 2.05) is 0 Å². The number of hydrogen-bond acceptors (Lipinski definition) is 4. The summed E-state index contributed by atoms with van der Waals surface area (Å²) in [5, 5.41) is 10.8. The van der Waals surface area contributed by atoms with E-state index in [9.17, 15) is 14.9 Å². The molecule has 1 aromatic carbocycles. The Morgan fingerprint density at radius 3 is 2.81 bits per heavy atom. The average molecular weight is 314 g/mol. The highest BCUT2D eigenvalue weighted by molar-refractivity contribution is 5.94. The normalized spacial score (nSPS) is 18.0. The molecule has 0 saturated carbocycles. The summed E-state index contributed by atoms with van der Waals surface area (Å²) in [5.41, 5.74) is 6.72. The second-order valence-electron chi connectivity index (χ2n) is 5.25.